The van der Waals surface area contributed by atoms with E-state index >= 15 is 0 Å². The summed E-state index contributed by atoms with van der Waals surface area (Å²) in [7, 11) is 1.79. The third-order valence-electron chi connectivity index (χ3n) is 1.70. The number of allylic oxidation sites excluding steroid dienone is 3. The van der Waals surface area contributed by atoms with E-state index < -0.39 is 0 Å². The van der Waals surface area contributed by atoms with Gasteiger partial charge in [0.05, 0.1) is 5.70 Å². The Morgan fingerprint density at radius 1 is 1.58 bits per heavy atom. The van der Waals surface area contributed by atoms with E-state index in [1.54, 1.807) is 7.05 Å². The van der Waals surface area contributed by atoms with Crippen molar-refractivity contribution in [3.05, 3.63) is 23.0 Å². The van der Waals surface area contributed by atoms with Crippen molar-refractivity contribution in [1.82, 2.24) is 5.32 Å². The number of hydrogen-bond donors (Lipinski definition) is 2. The summed E-state index contributed by atoms with van der Waals surface area (Å²) >= 11 is 0. The number of carbonyl (C=O) groups is 1. The predicted octanol–water partition coefficient (Wildman–Crippen LogP) is 0.931. The number of likely N-dealkylation sites (N-methyl/N-ethyl adjacent to an activating group) is 1. The molecule has 0 aromatic heterocycles. The van der Waals surface area contributed by atoms with Crippen molar-refractivity contribution in [3.63, 3.8) is 0 Å². The van der Waals surface area contributed by atoms with Crippen LogP contribution in [0.5, 0.6) is 0 Å². The number of carbonyl (C=O) groups excluding carboxylic acids is 1. The number of nitrogens with one attached hydrogen (secondary N) is 1. The number of hydrogen-bond acceptors (Lipinski definition) is 3. The first-order valence-electron chi connectivity index (χ1n) is 3.90. The summed E-state index contributed by atoms with van der Waals surface area (Å²) in [5.41, 5.74) is 8.15. The van der Waals surface area contributed by atoms with E-state index in [1.807, 2.05) is 19.9 Å². The first-order chi connectivity index (χ1) is 5.67. The Labute approximate surface area is 73.3 Å². The second-order valence-corrected chi connectivity index (χ2v) is 2.49. The van der Waals surface area contributed by atoms with Crippen LogP contribution in [0.3, 0.4) is 0 Å². The maximum Gasteiger partial charge on any atom is 0.125 e. The molecule has 0 aromatic carbocycles. The Morgan fingerprint density at radius 3 is 2.50 bits per heavy atom. The minimum absolute atomic E-state index is 0.279. The number of aldehydes is 1. The fraction of sp³-hybridized carbons (Fsp3) is 0.444. The molecular weight excluding hydrogens is 152 g/mol. The van der Waals surface area contributed by atoms with Gasteiger partial charge in [0.25, 0.3) is 0 Å². The summed E-state index contributed by atoms with van der Waals surface area (Å²) in [6.45, 7) is 3.88. The van der Waals surface area contributed by atoms with Crippen molar-refractivity contribution >= 4 is 6.29 Å². The molecule has 0 amide bonds. The van der Waals surface area contributed by atoms with Gasteiger partial charge in [0.15, 0.2) is 0 Å². The van der Waals surface area contributed by atoms with Crippen LogP contribution >= 0.6 is 0 Å². The van der Waals surface area contributed by atoms with Gasteiger partial charge in [-0.3, -0.25) is 0 Å². The SMILES string of the molecule is C/C=C(C)\C(NC)=C(/N)CC=O. The maximum absolute atomic E-state index is 10.2. The summed E-state index contributed by atoms with van der Waals surface area (Å²) in [5, 5.41) is 2.96. The summed E-state index contributed by atoms with van der Waals surface area (Å²) in [5.74, 6) is 0. The highest BCUT2D eigenvalue weighted by Gasteiger charge is 2.01. The van der Waals surface area contributed by atoms with Crippen molar-refractivity contribution in [2.75, 3.05) is 7.05 Å². The van der Waals surface area contributed by atoms with Gasteiger partial charge in [-0.05, 0) is 19.4 Å². The Balaban J connectivity index is 4.72. The maximum atomic E-state index is 10.2. The van der Waals surface area contributed by atoms with Gasteiger partial charge in [-0.2, -0.15) is 0 Å². The Morgan fingerprint density at radius 2 is 2.17 bits per heavy atom. The van der Waals surface area contributed by atoms with Gasteiger partial charge in [0, 0.05) is 19.2 Å². The summed E-state index contributed by atoms with van der Waals surface area (Å²) in [4.78, 5) is 10.2. The largest absolute Gasteiger partial charge is 0.400 e. The van der Waals surface area contributed by atoms with Crippen LogP contribution in [0.25, 0.3) is 0 Å². The lowest BCUT2D eigenvalue weighted by Gasteiger charge is -2.09. The molecule has 0 unspecified atom stereocenters. The molecule has 3 N–H and O–H groups in total. The van der Waals surface area contributed by atoms with Crippen LogP contribution < -0.4 is 11.1 Å². The molecule has 0 aromatic rings. The van der Waals surface area contributed by atoms with Crippen molar-refractivity contribution in [3.8, 4) is 0 Å². The minimum atomic E-state index is 0.279. The van der Waals surface area contributed by atoms with E-state index in [4.69, 9.17) is 5.73 Å². The first-order valence-corrected chi connectivity index (χ1v) is 3.90. The fourth-order valence-electron chi connectivity index (χ4n) is 0.947. The van der Waals surface area contributed by atoms with Crippen LogP contribution in [-0.2, 0) is 4.79 Å². The number of nitrogens with two attached hydrogens (primary N) is 1. The van der Waals surface area contributed by atoms with Crippen LogP contribution in [-0.4, -0.2) is 13.3 Å². The zero-order valence-electron chi connectivity index (χ0n) is 7.85. The highest BCUT2D eigenvalue weighted by molar-refractivity contribution is 5.55. The van der Waals surface area contributed by atoms with Crippen LogP contribution in [0.2, 0.25) is 0 Å². The molecule has 3 heteroatoms. The third-order valence-corrected chi connectivity index (χ3v) is 1.70. The second-order valence-electron chi connectivity index (χ2n) is 2.49. The molecular formula is C9H16N2O. The normalized spacial score (nSPS) is 13.8. The number of rotatable bonds is 4. The second kappa shape index (κ2) is 5.41. The van der Waals surface area contributed by atoms with Gasteiger partial charge in [-0.15, -0.1) is 0 Å². The molecule has 0 aliphatic rings. The average molecular weight is 168 g/mol. The first kappa shape index (κ1) is 10.8. The molecule has 0 saturated heterocycles. The van der Waals surface area contributed by atoms with Gasteiger partial charge in [-0.25, -0.2) is 0 Å². The van der Waals surface area contributed by atoms with Gasteiger partial charge >= 0.3 is 0 Å². The lowest BCUT2D eigenvalue weighted by molar-refractivity contribution is -0.107. The lowest BCUT2D eigenvalue weighted by Crippen LogP contribution is -2.15. The van der Waals surface area contributed by atoms with E-state index in [2.05, 4.69) is 5.32 Å². The van der Waals surface area contributed by atoms with Gasteiger partial charge < -0.3 is 15.8 Å². The van der Waals surface area contributed by atoms with E-state index in [0.717, 1.165) is 17.6 Å². The molecule has 68 valence electrons. The molecule has 0 radical (unpaired) electrons. The van der Waals surface area contributed by atoms with E-state index in [1.165, 1.54) is 0 Å². The Kier molecular flexibility index (Phi) is 4.84. The molecule has 12 heavy (non-hydrogen) atoms. The highest BCUT2D eigenvalue weighted by Crippen LogP contribution is 2.08. The molecule has 0 spiro atoms. The fourth-order valence-corrected chi connectivity index (χ4v) is 0.947. The average Bonchev–Trinajstić information content (AvgIpc) is 2.06. The van der Waals surface area contributed by atoms with Crippen LogP contribution in [0, 0.1) is 0 Å². The summed E-state index contributed by atoms with van der Waals surface area (Å²) < 4.78 is 0. The Bertz CT molecular complexity index is 217. The highest BCUT2D eigenvalue weighted by atomic mass is 16.1. The smallest absolute Gasteiger partial charge is 0.125 e. The molecule has 3 nitrogen and oxygen atoms in total. The zero-order valence-corrected chi connectivity index (χ0v) is 7.85. The minimum Gasteiger partial charge on any atom is -0.400 e. The summed E-state index contributed by atoms with van der Waals surface area (Å²) in [6, 6.07) is 0. The third kappa shape index (κ3) is 2.78. The topological polar surface area (TPSA) is 55.1 Å². The molecule has 0 saturated carbocycles. The summed E-state index contributed by atoms with van der Waals surface area (Å²) in [6.07, 6.45) is 3.03. The van der Waals surface area contributed by atoms with Crippen LogP contribution in [0.15, 0.2) is 23.0 Å². The lowest BCUT2D eigenvalue weighted by atomic mass is 10.1. The molecule has 0 aliphatic carbocycles. The van der Waals surface area contributed by atoms with Crippen molar-refractivity contribution in [2.24, 2.45) is 5.73 Å². The molecule has 0 heterocycles. The Hall–Kier alpha value is -1.25. The van der Waals surface area contributed by atoms with Crippen molar-refractivity contribution in [2.45, 2.75) is 20.3 Å². The predicted molar refractivity (Wildman–Crippen MR) is 50.4 cm³/mol. The van der Waals surface area contributed by atoms with Gasteiger partial charge in [0.2, 0.25) is 0 Å². The van der Waals surface area contributed by atoms with Crippen molar-refractivity contribution < 1.29 is 4.79 Å². The van der Waals surface area contributed by atoms with E-state index in [-0.39, 0.29) is 6.42 Å². The van der Waals surface area contributed by atoms with Gasteiger partial charge in [0.1, 0.15) is 6.29 Å². The standard InChI is InChI=1S/C9H16N2O/c1-4-7(2)9(11-3)8(10)5-6-12/h4,6,11H,5,10H2,1-3H3/b7-4-,9-8+. The molecule has 0 aliphatic heterocycles. The molecule has 0 bridgehead atoms. The monoisotopic (exact) mass is 168 g/mol. The molecule has 0 atom stereocenters. The van der Waals surface area contributed by atoms with Crippen LogP contribution in [0.4, 0.5) is 0 Å². The zero-order chi connectivity index (χ0) is 9.56. The molecule has 0 fully saturated rings. The van der Waals surface area contributed by atoms with Gasteiger partial charge in [-0.1, -0.05) is 6.08 Å². The van der Waals surface area contributed by atoms with E-state index in [0.29, 0.717) is 5.70 Å². The van der Waals surface area contributed by atoms with E-state index in [9.17, 15) is 4.79 Å². The quantitative estimate of drug-likeness (QED) is 0.485. The van der Waals surface area contributed by atoms with Crippen LogP contribution in [0.1, 0.15) is 20.3 Å². The molecule has 0 rings (SSSR count). The van der Waals surface area contributed by atoms with Crippen molar-refractivity contribution in [1.29, 1.82) is 0 Å².